The number of amides is 1. The maximum atomic E-state index is 10.5. The Bertz CT molecular complexity index is 159. The Hall–Kier alpha value is -1.10. The molecule has 0 aromatic rings. The molecule has 0 fully saturated rings. The molecule has 0 aliphatic heterocycles. The lowest BCUT2D eigenvalue weighted by Gasteiger charge is -2.15. The Labute approximate surface area is 71.4 Å². The van der Waals surface area contributed by atoms with Crippen LogP contribution in [0.3, 0.4) is 0 Å². The van der Waals surface area contributed by atoms with E-state index in [1.54, 1.807) is 0 Å². The minimum Gasteiger partial charge on any atom is -0.452 e. The molecule has 0 bridgehead atoms. The molecule has 0 saturated carbocycles. The van der Waals surface area contributed by atoms with Gasteiger partial charge < -0.3 is 9.53 Å². The first-order chi connectivity index (χ1) is 5.61. The van der Waals surface area contributed by atoms with E-state index in [1.165, 1.54) is 7.11 Å². The highest BCUT2D eigenvalue weighted by molar-refractivity contribution is 5.67. The number of carbonyl (C=O) groups is 2. The van der Waals surface area contributed by atoms with Crippen molar-refractivity contribution in [3.63, 3.8) is 0 Å². The van der Waals surface area contributed by atoms with Gasteiger partial charge in [0.15, 0.2) is 0 Å². The fraction of sp³-hybridized carbons (Fsp3) is 0.714. The molecule has 0 radical (unpaired) electrons. The number of ether oxygens (including phenoxy) is 1. The third kappa shape index (κ3) is 3.92. The van der Waals surface area contributed by atoms with Crippen LogP contribution in [0.1, 0.15) is 13.8 Å². The average Bonchev–Trinajstić information content (AvgIpc) is 2.04. The lowest BCUT2D eigenvalue weighted by molar-refractivity contribution is -0.110. The zero-order valence-electron chi connectivity index (χ0n) is 7.46. The first-order valence-corrected chi connectivity index (χ1v) is 3.66. The summed E-state index contributed by atoms with van der Waals surface area (Å²) in [6.45, 7) is 3.73. The molecule has 5 heteroatoms. The second-order valence-corrected chi connectivity index (χ2v) is 2.67. The molecule has 0 saturated heterocycles. The second kappa shape index (κ2) is 5.54. The van der Waals surface area contributed by atoms with Gasteiger partial charge in [-0.15, -0.1) is 0 Å². The van der Waals surface area contributed by atoms with E-state index in [9.17, 15) is 9.59 Å². The van der Waals surface area contributed by atoms with E-state index in [2.05, 4.69) is 15.6 Å². The molecule has 1 atom stereocenters. The lowest BCUT2D eigenvalue weighted by Crippen LogP contribution is -2.47. The van der Waals surface area contributed by atoms with E-state index in [0.717, 1.165) is 6.29 Å². The van der Waals surface area contributed by atoms with Crippen LogP contribution in [0.2, 0.25) is 0 Å². The van der Waals surface area contributed by atoms with Crippen LogP contribution in [0.4, 0.5) is 4.79 Å². The van der Waals surface area contributed by atoms with Gasteiger partial charge in [0, 0.05) is 0 Å². The van der Waals surface area contributed by atoms with Crippen molar-refractivity contribution in [1.82, 2.24) is 10.9 Å². The Balaban J connectivity index is 3.72. The van der Waals surface area contributed by atoms with Crippen molar-refractivity contribution < 1.29 is 14.3 Å². The third-order valence-corrected chi connectivity index (χ3v) is 1.39. The minimum atomic E-state index is -0.609. The minimum absolute atomic E-state index is 0.125. The summed E-state index contributed by atoms with van der Waals surface area (Å²) in [4.78, 5) is 20.9. The van der Waals surface area contributed by atoms with Gasteiger partial charge in [-0.05, 0) is 5.92 Å². The fourth-order valence-electron chi connectivity index (χ4n) is 0.551. The molecule has 0 rings (SSSR count). The Kier molecular flexibility index (Phi) is 5.03. The first-order valence-electron chi connectivity index (χ1n) is 3.66. The van der Waals surface area contributed by atoms with Gasteiger partial charge >= 0.3 is 6.09 Å². The summed E-state index contributed by atoms with van der Waals surface area (Å²) in [6.07, 6.45) is 0.128. The van der Waals surface area contributed by atoms with Gasteiger partial charge in [-0.25, -0.2) is 10.2 Å². The molecule has 0 aromatic carbocycles. The molecule has 0 aliphatic rings. The number of nitrogens with one attached hydrogen (secondary N) is 2. The predicted molar refractivity (Wildman–Crippen MR) is 43.4 cm³/mol. The monoisotopic (exact) mass is 174 g/mol. The van der Waals surface area contributed by atoms with Crippen LogP contribution < -0.4 is 10.9 Å². The van der Waals surface area contributed by atoms with Crippen molar-refractivity contribution >= 4 is 12.4 Å². The average molecular weight is 174 g/mol. The van der Waals surface area contributed by atoms with Gasteiger partial charge in [0.2, 0.25) is 0 Å². The van der Waals surface area contributed by atoms with Crippen LogP contribution >= 0.6 is 0 Å². The summed E-state index contributed by atoms with van der Waals surface area (Å²) in [5.41, 5.74) is 4.75. The van der Waals surface area contributed by atoms with E-state index in [1.807, 2.05) is 13.8 Å². The molecule has 1 unspecified atom stereocenters. The number of carbonyl (C=O) groups excluding carboxylic acids is 2. The normalized spacial score (nSPS) is 12.3. The van der Waals surface area contributed by atoms with E-state index < -0.39 is 6.09 Å². The van der Waals surface area contributed by atoms with E-state index >= 15 is 0 Å². The lowest BCUT2D eigenvalue weighted by atomic mass is 10.1. The van der Waals surface area contributed by atoms with E-state index in [4.69, 9.17) is 0 Å². The van der Waals surface area contributed by atoms with Gasteiger partial charge in [-0.3, -0.25) is 5.43 Å². The third-order valence-electron chi connectivity index (χ3n) is 1.39. The zero-order chi connectivity index (χ0) is 9.56. The molecule has 0 aliphatic carbocycles. The number of aldehydes is 1. The quantitative estimate of drug-likeness (QED) is 0.467. The van der Waals surface area contributed by atoms with E-state index in [-0.39, 0.29) is 12.0 Å². The molecule has 12 heavy (non-hydrogen) atoms. The second-order valence-electron chi connectivity index (χ2n) is 2.67. The summed E-state index contributed by atoms with van der Waals surface area (Å²) < 4.78 is 4.30. The molecule has 2 N–H and O–H groups in total. The first kappa shape index (κ1) is 10.9. The van der Waals surface area contributed by atoms with Gasteiger partial charge in [0.05, 0.1) is 13.2 Å². The highest BCUT2D eigenvalue weighted by atomic mass is 16.5. The number of hydrogen-bond acceptors (Lipinski definition) is 4. The van der Waals surface area contributed by atoms with Crippen LogP contribution in [-0.2, 0) is 9.53 Å². The zero-order valence-corrected chi connectivity index (χ0v) is 7.46. The predicted octanol–water partition coefficient (Wildman–Crippen LogP) is 0.0705. The molecular weight excluding hydrogens is 160 g/mol. The maximum Gasteiger partial charge on any atom is 0.421 e. The molecule has 70 valence electrons. The summed E-state index contributed by atoms with van der Waals surface area (Å²) in [7, 11) is 1.25. The number of methoxy groups -OCH3 is 1. The number of hydrazine groups is 1. The maximum absolute atomic E-state index is 10.5. The van der Waals surface area contributed by atoms with Gasteiger partial charge in [0.25, 0.3) is 0 Å². The largest absolute Gasteiger partial charge is 0.452 e. The standard InChI is InChI=1S/C7H14N2O3/c1-5(2)6(4-10)8-9-7(11)12-3/h4-6,8H,1-3H3,(H,9,11). The summed E-state index contributed by atoms with van der Waals surface area (Å²) in [5.74, 6) is 0.125. The van der Waals surface area contributed by atoms with Crippen molar-refractivity contribution in [2.45, 2.75) is 19.9 Å². The Morgan fingerprint density at radius 3 is 2.42 bits per heavy atom. The van der Waals surface area contributed by atoms with Gasteiger partial charge in [0.1, 0.15) is 6.29 Å². The van der Waals surface area contributed by atoms with Crippen molar-refractivity contribution in [3.05, 3.63) is 0 Å². The molecule has 1 amide bonds. The van der Waals surface area contributed by atoms with E-state index in [0.29, 0.717) is 0 Å². The number of rotatable bonds is 4. The summed E-state index contributed by atoms with van der Waals surface area (Å²) in [5, 5.41) is 0. The van der Waals surface area contributed by atoms with Crippen LogP contribution in [0.15, 0.2) is 0 Å². The number of hydrogen-bond donors (Lipinski definition) is 2. The van der Waals surface area contributed by atoms with Crippen molar-refractivity contribution in [2.24, 2.45) is 5.92 Å². The molecule has 5 nitrogen and oxygen atoms in total. The highest BCUT2D eigenvalue weighted by Crippen LogP contribution is 1.96. The fourth-order valence-corrected chi connectivity index (χ4v) is 0.551. The van der Waals surface area contributed by atoms with Crippen molar-refractivity contribution in [2.75, 3.05) is 7.11 Å². The smallest absolute Gasteiger partial charge is 0.421 e. The van der Waals surface area contributed by atoms with Crippen LogP contribution in [-0.4, -0.2) is 25.5 Å². The van der Waals surface area contributed by atoms with Gasteiger partial charge in [-0.1, -0.05) is 13.8 Å². The van der Waals surface area contributed by atoms with Crippen LogP contribution in [0.5, 0.6) is 0 Å². The molecule has 0 heterocycles. The summed E-state index contributed by atoms with van der Waals surface area (Å²) in [6, 6.07) is -0.385. The SMILES string of the molecule is COC(=O)NNC(C=O)C(C)C. The van der Waals surface area contributed by atoms with Crippen LogP contribution in [0.25, 0.3) is 0 Å². The highest BCUT2D eigenvalue weighted by Gasteiger charge is 2.11. The molecular formula is C7H14N2O3. The van der Waals surface area contributed by atoms with Crippen molar-refractivity contribution in [1.29, 1.82) is 0 Å². The van der Waals surface area contributed by atoms with Gasteiger partial charge in [-0.2, -0.15) is 0 Å². The summed E-state index contributed by atoms with van der Waals surface area (Å²) >= 11 is 0. The Morgan fingerprint density at radius 1 is 1.50 bits per heavy atom. The molecule has 0 spiro atoms. The van der Waals surface area contributed by atoms with Crippen molar-refractivity contribution in [3.8, 4) is 0 Å². The topological polar surface area (TPSA) is 67.4 Å². The Morgan fingerprint density at radius 2 is 2.08 bits per heavy atom. The molecule has 0 aromatic heterocycles. The van der Waals surface area contributed by atoms with Crippen LogP contribution in [0, 0.1) is 5.92 Å².